The summed E-state index contributed by atoms with van der Waals surface area (Å²) >= 11 is 2.57. The maximum Gasteiger partial charge on any atom is 0.230 e. The normalized spacial score (nSPS) is 10.3. The fourth-order valence-electron chi connectivity index (χ4n) is 1.61. The van der Waals surface area contributed by atoms with E-state index in [0.29, 0.717) is 22.4 Å². The van der Waals surface area contributed by atoms with Gasteiger partial charge in [-0.05, 0) is 12.5 Å². The molecule has 1 aromatic heterocycles. The van der Waals surface area contributed by atoms with Gasteiger partial charge in [0.2, 0.25) is 16.9 Å². The number of carbonyl (C=O) groups excluding carboxylic acids is 2. The molecule has 8 heteroatoms. The minimum absolute atomic E-state index is 0.0649. The Hall–Kier alpha value is -1.93. The summed E-state index contributed by atoms with van der Waals surface area (Å²) in [6.07, 6.45) is 0.392. The molecule has 1 heterocycles. The number of anilines is 1. The Bertz CT molecular complexity index is 670. The molecule has 0 bridgehead atoms. The van der Waals surface area contributed by atoms with Gasteiger partial charge in [0, 0.05) is 13.0 Å². The van der Waals surface area contributed by atoms with E-state index in [1.54, 1.807) is 6.92 Å². The molecule has 0 aliphatic heterocycles. The molecule has 2 rings (SSSR count). The topological polar surface area (TPSA) is 84.0 Å². The van der Waals surface area contributed by atoms with Crippen molar-refractivity contribution in [2.75, 3.05) is 11.1 Å². The first-order chi connectivity index (χ1) is 11.1. The molecule has 0 aliphatic rings. The number of rotatable bonds is 7. The van der Waals surface area contributed by atoms with Crippen molar-refractivity contribution in [3.8, 4) is 0 Å². The molecular formula is C15H18N4O2S2. The number of aryl methyl sites for hydroxylation is 1. The summed E-state index contributed by atoms with van der Waals surface area (Å²) in [5.74, 6) is 0.0980. The Kier molecular flexibility index (Phi) is 6.54. The van der Waals surface area contributed by atoms with Crippen LogP contribution in [0.5, 0.6) is 0 Å². The summed E-state index contributed by atoms with van der Waals surface area (Å²) in [4.78, 5) is 23.1. The lowest BCUT2D eigenvalue weighted by Crippen LogP contribution is -2.24. The molecule has 2 N–H and O–H groups in total. The Labute approximate surface area is 143 Å². The first kappa shape index (κ1) is 17.4. The smallest absolute Gasteiger partial charge is 0.230 e. The number of hydrogen-bond acceptors (Lipinski definition) is 6. The van der Waals surface area contributed by atoms with Crippen LogP contribution in [0.4, 0.5) is 5.13 Å². The van der Waals surface area contributed by atoms with Gasteiger partial charge in [-0.3, -0.25) is 9.59 Å². The molecule has 0 radical (unpaired) electrons. The highest BCUT2D eigenvalue weighted by molar-refractivity contribution is 8.01. The third kappa shape index (κ3) is 5.99. The summed E-state index contributed by atoms with van der Waals surface area (Å²) in [5.41, 5.74) is 2.26. The monoisotopic (exact) mass is 350 g/mol. The van der Waals surface area contributed by atoms with Crippen LogP contribution >= 0.6 is 23.1 Å². The predicted octanol–water partition coefficient (Wildman–Crippen LogP) is 2.60. The van der Waals surface area contributed by atoms with Gasteiger partial charge in [0.25, 0.3) is 0 Å². The summed E-state index contributed by atoms with van der Waals surface area (Å²) in [7, 11) is 0. The van der Waals surface area contributed by atoms with Crippen molar-refractivity contribution in [3.63, 3.8) is 0 Å². The number of hydrogen-bond donors (Lipinski definition) is 2. The number of aromatic nitrogens is 2. The lowest BCUT2D eigenvalue weighted by molar-refractivity contribution is -0.118. The van der Waals surface area contributed by atoms with E-state index < -0.39 is 0 Å². The van der Waals surface area contributed by atoms with E-state index in [1.165, 1.54) is 28.7 Å². The summed E-state index contributed by atoms with van der Waals surface area (Å²) < 4.78 is 0.655. The van der Waals surface area contributed by atoms with Gasteiger partial charge in [-0.1, -0.05) is 59.9 Å². The molecule has 0 spiro atoms. The molecular weight excluding hydrogens is 332 g/mol. The summed E-state index contributed by atoms with van der Waals surface area (Å²) in [6, 6.07) is 8.03. The van der Waals surface area contributed by atoms with Gasteiger partial charge in [-0.25, -0.2) is 0 Å². The number of nitrogens with one attached hydrogen (secondary N) is 2. The maximum absolute atomic E-state index is 11.8. The fraction of sp³-hybridized carbons (Fsp3) is 0.333. The van der Waals surface area contributed by atoms with Gasteiger partial charge >= 0.3 is 0 Å². The van der Waals surface area contributed by atoms with Crippen molar-refractivity contribution in [1.82, 2.24) is 15.5 Å². The lowest BCUT2D eigenvalue weighted by atomic mass is 10.1. The van der Waals surface area contributed by atoms with Gasteiger partial charge in [-0.2, -0.15) is 0 Å². The minimum Gasteiger partial charge on any atom is -0.351 e. The Morgan fingerprint density at radius 1 is 1.17 bits per heavy atom. The van der Waals surface area contributed by atoms with Crippen LogP contribution in [0, 0.1) is 6.92 Å². The van der Waals surface area contributed by atoms with Crippen LogP contribution in [0.2, 0.25) is 0 Å². The van der Waals surface area contributed by atoms with Crippen molar-refractivity contribution in [2.24, 2.45) is 0 Å². The van der Waals surface area contributed by atoms with Crippen molar-refractivity contribution in [3.05, 3.63) is 35.4 Å². The van der Waals surface area contributed by atoms with E-state index in [9.17, 15) is 9.59 Å². The number of amides is 2. The molecule has 6 nitrogen and oxygen atoms in total. The van der Waals surface area contributed by atoms with Crippen molar-refractivity contribution in [1.29, 1.82) is 0 Å². The molecule has 0 saturated heterocycles. The highest BCUT2D eigenvalue weighted by Gasteiger charge is 2.09. The average molecular weight is 350 g/mol. The standard InChI is InChI=1S/C15H18N4O2S2/c1-3-12(20)17-14-18-19-15(23-14)22-9-13(21)16-8-11-6-4-10(2)5-7-11/h4-7H,3,8-9H2,1-2H3,(H,16,21)(H,17,18,20). The maximum atomic E-state index is 11.8. The number of carbonyl (C=O) groups is 2. The molecule has 2 aromatic rings. The highest BCUT2D eigenvalue weighted by Crippen LogP contribution is 2.25. The molecule has 2 amide bonds. The van der Waals surface area contributed by atoms with Gasteiger partial charge in [-0.15, -0.1) is 10.2 Å². The van der Waals surface area contributed by atoms with E-state index in [2.05, 4.69) is 20.8 Å². The third-order valence-corrected chi connectivity index (χ3v) is 4.88. The van der Waals surface area contributed by atoms with Crippen LogP contribution < -0.4 is 10.6 Å². The zero-order chi connectivity index (χ0) is 16.7. The first-order valence-corrected chi connectivity index (χ1v) is 8.95. The average Bonchev–Trinajstić information content (AvgIpc) is 2.99. The second-order valence-corrected chi connectivity index (χ2v) is 7.03. The SMILES string of the molecule is CCC(=O)Nc1nnc(SCC(=O)NCc2ccc(C)cc2)s1. The molecule has 122 valence electrons. The second-order valence-electron chi connectivity index (χ2n) is 4.83. The predicted molar refractivity (Wildman–Crippen MR) is 92.6 cm³/mol. The molecule has 0 atom stereocenters. The number of nitrogens with zero attached hydrogens (tertiary/aromatic N) is 2. The lowest BCUT2D eigenvalue weighted by Gasteiger charge is -2.04. The molecule has 0 aliphatic carbocycles. The van der Waals surface area contributed by atoms with Crippen LogP contribution in [0.25, 0.3) is 0 Å². The zero-order valence-electron chi connectivity index (χ0n) is 13.0. The first-order valence-electron chi connectivity index (χ1n) is 7.15. The van der Waals surface area contributed by atoms with Crippen LogP contribution in [0.3, 0.4) is 0 Å². The largest absolute Gasteiger partial charge is 0.351 e. The fourth-order valence-corrected chi connectivity index (χ4v) is 3.21. The number of thioether (sulfide) groups is 1. The Morgan fingerprint density at radius 3 is 2.61 bits per heavy atom. The highest BCUT2D eigenvalue weighted by atomic mass is 32.2. The quantitative estimate of drug-likeness (QED) is 0.592. The van der Waals surface area contributed by atoms with E-state index in [-0.39, 0.29) is 17.6 Å². The van der Waals surface area contributed by atoms with Crippen LogP contribution in [-0.2, 0) is 16.1 Å². The van der Waals surface area contributed by atoms with Crippen molar-refractivity contribution >= 4 is 40.0 Å². The van der Waals surface area contributed by atoms with Crippen LogP contribution in [0.1, 0.15) is 24.5 Å². The molecule has 0 saturated carbocycles. The van der Waals surface area contributed by atoms with Gasteiger partial charge < -0.3 is 10.6 Å². The summed E-state index contributed by atoms with van der Waals surface area (Å²) in [5, 5.41) is 13.8. The Balaban J connectivity index is 1.73. The molecule has 0 fully saturated rings. The van der Waals surface area contributed by atoms with Crippen LogP contribution in [-0.4, -0.2) is 27.8 Å². The van der Waals surface area contributed by atoms with Gasteiger partial charge in [0.15, 0.2) is 4.34 Å². The Morgan fingerprint density at radius 2 is 1.91 bits per heavy atom. The second kappa shape index (κ2) is 8.64. The van der Waals surface area contributed by atoms with Crippen molar-refractivity contribution < 1.29 is 9.59 Å². The van der Waals surface area contributed by atoms with Gasteiger partial charge in [0.05, 0.1) is 5.75 Å². The molecule has 23 heavy (non-hydrogen) atoms. The minimum atomic E-state index is -0.103. The molecule has 0 unspecified atom stereocenters. The molecule has 1 aromatic carbocycles. The van der Waals surface area contributed by atoms with Gasteiger partial charge in [0.1, 0.15) is 0 Å². The summed E-state index contributed by atoms with van der Waals surface area (Å²) in [6.45, 7) is 4.30. The zero-order valence-corrected chi connectivity index (χ0v) is 14.6. The third-order valence-electron chi connectivity index (χ3n) is 2.91. The van der Waals surface area contributed by atoms with Crippen molar-refractivity contribution in [2.45, 2.75) is 31.2 Å². The van der Waals surface area contributed by atoms with E-state index in [0.717, 1.165) is 5.56 Å². The van der Waals surface area contributed by atoms with E-state index >= 15 is 0 Å². The van der Waals surface area contributed by atoms with Crippen LogP contribution in [0.15, 0.2) is 28.6 Å². The van der Waals surface area contributed by atoms with E-state index in [4.69, 9.17) is 0 Å². The number of benzene rings is 1. The van der Waals surface area contributed by atoms with E-state index in [1.807, 2.05) is 31.2 Å².